The van der Waals surface area contributed by atoms with Crippen molar-refractivity contribution in [1.82, 2.24) is 5.32 Å². The summed E-state index contributed by atoms with van der Waals surface area (Å²) in [4.78, 5) is 24.6. The summed E-state index contributed by atoms with van der Waals surface area (Å²) in [5.41, 5.74) is 2.22. The highest BCUT2D eigenvalue weighted by Gasteiger charge is 2.44. The lowest BCUT2D eigenvalue weighted by atomic mass is 9.78. The molecule has 1 amide bonds. The Morgan fingerprint density at radius 1 is 1.39 bits per heavy atom. The van der Waals surface area contributed by atoms with Gasteiger partial charge in [-0.1, -0.05) is 36.8 Å². The van der Waals surface area contributed by atoms with Crippen molar-refractivity contribution in [3.63, 3.8) is 0 Å². The Labute approximate surface area is 139 Å². The summed E-state index contributed by atoms with van der Waals surface area (Å²) in [5.74, 6) is -2.04. The van der Waals surface area contributed by atoms with Crippen LogP contribution in [0.25, 0.3) is 0 Å². The number of rotatable bonds is 4. The van der Waals surface area contributed by atoms with E-state index in [0.717, 1.165) is 11.1 Å². The molecule has 0 bridgehead atoms. The fourth-order valence-electron chi connectivity index (χ4n) is 2.60. The van der Waals surface area contributed by atoms with Crippen LogP contribution in [0.5, 0.6) is 0 Å². The largest absolute Gasteiger partial charge is 0.468 e. The van der Waals surface area contributed by atoms with Gasteiger partial charge in [0.15, 0.2) is 0 Å². The number of nitrogens with zero attached hydrogens (tertiary/aromatic N) is 1. The van der Waals surface area contributed by atoms with Gasteiger partial charge in [0, 0.05) is 5.92 Å². The maximum absolute atomic E-state index is 12.4. The molecule has 1 aliphatic rings. The average Bonchev–Trinajstić information content (AvgIpc) is 2.54. The number of methoxy groups -OCH3 is 1. The first kappa shape index (κ1) is 17.1. The first-order valence-electron chi connectivity index (χ1n) is 7.25. The normalized spacial score (nSPS) is 20.7. The molecule has 120 valence electrons. The van der Waals surface area contributed by atoms with Crippen LogP contribution in [-0.2, 0) is 14.3 Å². The second kappa shape index (κ2) is 7.34. The molecule has 5 nitrogen and oxygen atoms in total. The standard InChI is InChI=1S/C17H18N2O3S/c1-4-23-16-12(9-18)13(11-7-5-10(2)6-8-11)14(15(20)19-16)17(21)22-3/h5-8,13-14H,4H2,1-3H3,(H,19,20)/t13-,14-/m0/s1. The van der Waals surface area contributed by atoms with E-state index in [-0.39, 0.29) is 0 Å². The molecule has 0 aromatic heterocycles. The lowest BCUT2D eigenvalue weighted by Gasteiger charge is -2.30. The molecule has 0 saturated heterocycles. The van der Waals surface area contributed by atoms with E-state index in [1.54, 1.807) is 0 Å². The predicted octanol–water partition coefficient (Wildman–Crippen LogP) is 2.49. The van der Waals surface area contributed by atoms with Crippen molar-refractivity contribution < 1.29 is 14.3 Å². The van der Waals surface area contributed by atoms with Crippen LogP contribution in [0, 0.1) is 24.2 Å². The van der Waals surface area contributed by atoms with Gasteiger partial charge in [-0.2, -0.15) is 5.26 Å². The number of ether oxygens (including phenoxy) is 1. The Bertz CT molecular complexity index is 689. The number of benzene rings is 1. The Morgan fingerprint density at radius 2 is 2.04 bits per heavy atom. The lowest BCUT2D eigenvalue weighted by molar-refractivity contribution is -0.150. The summed E-state index contributed by atoms with van der Waals surface area (Å²) >= 11 is 1.38. The molecule has 1 aromatic carbocycles. The maximum atomic E-state index is 12.4. The number of nitriles is 1. The van der Waals surface area contributed by atoms with E-state index >= 15 is 0 Å². The van der Waals surface area contributed by atoms with Gasteiger partial charge in [-0.05, 0) is 18.2 Å². The van der Waals surface area contributed by atoms with Gasteiger partial charge in [0.1, 0.15) is 5.92 Å². The van der Waals surface area contributed by atoms with Crippen LogP contribution in [0.3, 0.4) is 0 Å². The van der Waals surface area contributed by atoms with E-state index in [0.29, 0.717) is 16.4 Å². The average molecular weight is 330 g/mol. The first-order valence-corrected chi connectivity index (χ1v) is 8.24. The Balaban J connectivity index is 2.61. The molecule has 0 radical (unpaired) electrons. The van der Waals surface area contributed by atoms with Crippen LogP contribution in [-0.4, -0.2) is 24.7 Å². The number of aryl methyl sites for hydroxylation is 1. The van der Waals surface area contributed by atoms with Gasteiger partial charge in [-0.15, -0.1) is 11.8 Å². The zero-order valence-corrected chi connectivity index (χ0v) is 14.1. The maximum Gasteiger partial charge on any atom is 0.319 e. The van der Waals surface area contributed by atoms with Gasteiger partial charge in [0.2, 0.25) is 5.91 Å². The van der Waals surface area contributed by atoms with E-state index in [1.165, 1.54) is 18.9 Å². The zero-order chi connectivity index (χ0) is 17.0. The molecular formula is C17H18N2O3S. The lowest BCUT2D eigenvalue weighted by Crippen LogP contribution is -2.44. The topological polar surface area (TPSA) is 79.2 Å². The van der Waals surface area contributed by atoms with Gasteiger partial charge in [-0.25, -0.2) is 0 Å². The van der Waals surface area contributed by atoms with Crippen molar-refractivity contribution in [2.45, 2.75) is 19.8 Å². The van der Waals surface area contributed by atoms with Crippen molar-refractivity contribution >= 4 is 23.6 Å². The van der Waals surface area contributed by atoms with E-state index in [4.69, 9.17) is 4.74 Å². The summed E-state index contributed by atoms with van der Waals surface area (Å²) in [6, 6.07) is 9.66. The van der Waals surface area contributed by atoms with Gasteiger partial charge in [0.25, 0.3) is 0 Å². The molecule has 0 fully saturated rings. The van der Waals surface area contributed by atoms with Crippen molar-refractivity contribution in [2.24, 2.45) is 5.92 Å². The molecule has 6 heteroatoms. The molecule has 1 heterocycles. The van der Waals surface area contributed by atoms with Crippen molar-refractivity contribution in [1.29, 1.82) is 5.26 Å². The highest BCUT2D eigenvalue weighted by atomic mass is 32.2. The minimum Gasteiger partial charge on any atom is -0.468 e. The molecular weight excluding hydrogens is 312 g/mol. The number of hydrogen-bond donors (Lipinski definition) is 1. The van der Waals surface area contributed by atoms with Gasteiger partial charge < -0.3 is 10.1 Å². The number of esters is 1. The summed E-state index contributed by atoms with van der Waals surface area (Å²) in [7, 11) is 1.24. The monoisotopic (exact) mass is 330 g/mol. The number of nitrogens with one attached hydrogen (secondary N) is 1. The van der Waals surface area contributed by atoms with Gasteiger partial charge >= 0.3 is 5.97 Å². The minimum absolute atomic E-state index is 0.399. The summed E-state index contributed by atoms with van der Waals surface area (Å²) in [6.07, 6.45) is 0. The third-order valence-corrected chi connectivity index (χ3v) is 4.61. The smallest absolute Gasteiger partial charge is 0.319 e. The SMILES string of the molecule is CCSC1=C(C#N)[C@H](c2ccc(C)cc2)[C@H](C(=O)OC)C(=O)N1. The second-order valence-corrected chi connectivity index (χ2v) is 6.44. The van der Waals surface area contributed by atoms with Gasteiger partial charge in [0.05, 0.1) is 23.8 Å². The molecule has 0 saturated carbocycles. The highest BCUT2D eigenvalue weighted by Crippen LogP contribution is 2.40. The van der Waals surface area contributed by atoms with Crippen LogP contribution in [0.15, 0.2) is 34.9 Å². The van der Waals surface area contributed by atoms with Crippen molar-refractivity contribution in [3.05, 3.63) is 46.0 Å². The quantitative estimate of drug-likeness (QED) is 0.678. The van der Waals surface area contributed by atoms with E-state index < -0.39 is 23.7 Å². The van der Waals surface area contributed by atoms with Crippen LogP contribution in [0.2, 0.25) is 0 Å². The number of allylic oxidation sites excluding steroid dienone is 1. The van der Waals surface area contributed by atoms with Crippen LogP contribution >= 0.6 is 11.8 Å². The number of carbonyl (C=O) groups is 2. The molecule has 2 rings (SSSR count). The van der Waals surface area contributed by atoms with Gasteiger partial charge in [-0.3, -0.25) is 9.59 Å². The Morgan fingerprint density at radius 3 is 2.57 bits per heavy atom. The summed E-state index contributed by atoms with van der Waals surface area (Å²) in [5, 5.41) is 12.8. The van der Waals surface area contributed by atoms with Crippen molar-refractivity contribution in [3.8, 4) is 6.07 Å². The van der Waals surface area contributed by atoms with Crippen molar-refractivity contribution in [2.75, 3.05) is 12.9 Å². The fourth-order valence-corrected chi connectivity index (χ4v) is 3.39. The number of hydrogen-bond acceptors (Lipinski definition) is 5. The third kappa shape index (κ3) is 3.40. The highest BCUT2D eigenvalue weighted by molar-refractivity contribution is 8.03. The second-order valence-electron chi connectivity index (χ2n) is 5.17. The number of amides is 1. The predicted molar refractivity (Wildman–Crippen MR) is 88.3 cm³/mol. The van der Waals surface area contributed by atoms with Crippen LogP contribution in [0.4, 0.5) is 0 Å². The molecule has 0 unspecified atom stereocenters. The molecule has 23 heavy (non-hydrogen) atoms. The molecule has 1 aliphatic heterocycles. The Kier molecular flexibility index (Phi) is 5.45. The first-order chi connectivity index (χ1) is 11.0. The fraction of sp³-hybridized carbons (Fsp3) is 0.353. The summed E-state index contributed by atoms with van der Waals surface area (Å²) < 4.78 is 4.79. The number of thioether (sulfide) groups is 1. The van der Waals surface area contributed by atoms with E-state index in [9.17, 15) is 14.9 Å². The Hall–Kier alpha value is -2.26. The molecule has 1 N–H and O–H groups in total. The minimum atomic E-state index is -1.06. The molecule has 2 atom stereocenters. The molecule has 1 aromatic rings. The molecule has 0 aliphatic carbocycles. The third-order valence-electron chi connectivity index (χ3n) is 3.71. The zero-order valence-electron chi connectivity index (χ0n) is 13.3. The summed E-state index contributed by atoms with van der Waals surface area (Å²) in [6.45, 7) is 3.89. The van der Waals surface area contributed by atoms with Crippen LogP contribution in [0.1, 0.15) is 24.0 Å². The molecule has 0 spiro atoms. The van der Waals surface area contributed by atoms with E-state index in [2.05, 4.69) is 11.4 Å². The van der Waals surface area contributed by atoms with Crippen LogP contribution < -0.4 is 5.32 Å². The van der Waals surface area contributed by atoms with E-state index in [1.807, 2.05) is 38.1 Å². The number of carbonyl (C=O) groups excluding carboxylic acids is 2.